The zero-order valence-corrected chi connectivity index (χ0v) is 11.5. The average molecular weight is 288 g/mol. The minimum absolute atomic E-state index is 0.0900. The maximum atomic E-state index is 11.1. The minimum Gasteiger partial charge on any atom is -0.348 e. The van der Waals surface area contributed by atoms with Crippen molar-refractivity contribution in [3.8, 4) is 6.07 Å². The van der Waals surface area contributed by atoms with Crippen molar-refractivity contribution in [2.75, 3.05) is 44.2 Å². The number of nitro groups is 1. The summed E-state index contributed by atoms with van der Waals surface area (Å²) in [5.74, 6) is 0.366. The molecule has 3 heterocycles. The predicted octanol–water partition coefficient (Wildman–Crippen LogP) is -0.0447. The van der Waals surface area contributed by atoms with E-state index in [1.807, 2.05) is 11.0 Å². The molecular formula is C13H16N6O2. The van der Waals surface area contributed by atoms with Crippen molar-refractivity contribution < 1.29 is 4.92 Å². The summed E-state index contributed by atoms with van der Waals surface area (Å²) in [6.45, 7) is 5.51. The van der Waals surface area contributed by atoms with Gasteiger partial charge in [-0.3, -0.25) is 15.0 Å². The quantitative estimate of drug-likeness (QED) is 0.615. The van der Waals surface area contributed by atoms with Crippen molar-refractivity contribution in [1.82, 2.24) is 15.2 Å². The molecule has 2 saturated heterocycles. The molecule has 1 N–H and O–H groups in total. The Morgan fingerprint density at radius 1 is 1.43 bits per heavy atom. The highest BCUT2D eigenvalue weighted by molar-refractivity contribution is 5.61. The van der Waals surface area contributed by atoms with Crippen molar-refractivity contribution in [2.45, 2.75) is 6.04 Å². The molecule has 3 rings (SSSR count). The number of nitrogens with zero attached hydrogens (tertiary/aromatic N) is 5. The third kappa shape index (κ3) is 2.66. The predicted molar refractivity (Wildman–Crippen MR) is 76.1 cm³/mol. The molecule has 0 atom stereocenters. The summed E-state index contributed by atoms with van der Waals surface area (Å²) in [7, 11) is 0. The first-order valence-corrected chi connectivity index (χ1v) is 6.93. The third-order valence-corrected chi connectivity index (χ3v) is 4.00. The Kier molecular flexibility index (Phi) is 3.68. The highest BCUT2D eigenvalue weighted by Gasteiger charge is 2.36. The van der Waals surface area contributed by atoms with Crippen molar-refractivity contribution in [2.24, 2.45) is 0 Å². The molecule has 2 aliphatic rings. The number of nitrogens with one attached hydrogen (secondary N) is 1. The van der Waals surface area contributed by atoms with Gasteiger partial charge < -0.3 is 10.2 Å². The van der Waals surface area contributed by atoms with Crippen LogP contribution in [-0.4, -0.2) is 60.1 Å². The van der Waals surface area contributed by atoms with Gasteiger partial charge in [0.05, 0.1) is 10.5 Å². The van der Waals surface area contributed by atoms with Crippen LogP contribution in [0, 0.1) is 21.4 Å². The van der Waals surface area contributed by atoms with Crippen LogP contribution < -0.4 is 10.2 Å². The summed E-state index contributed by atoms with van der Waals surface area (Å²) in [6, 6.07) is 3.61. The standard InChI is InChI=1S/C13H16N6O2/c14-6-10-5-12(19(20)21)13(16-7-10)18-8-11(9-18)17-3-1-15-2-4-17/h5,7,11,15H,1-4,8-9H2. The van der Waals surface area contributed by atoms with Crippen LogP contribution in [0.2, 0.25) is 0 Å². The van der Waals surface area contributed by atoms with Gasteiger partial charge in [-0.25, -0.2) is 4.98 Å². The van der Waals surface area contributed by atoms with Crippen LogP contribution in [0.1, 0.15) is 5.56 Å². The van der Waals surface area contributed by atoms with Crippen LogP contribution in [0.25, 0.3) is 0 Å². The lowest BCUT2D eigenvalue weighted by Gasteiger charge is -2.47. The third-order valence-electron chi connectivity index (χ3n) is 4.00. The lowest BCUT2D eigenvalue weighted by Crippen LogP contribution is -2.63. The van der Waals surface area contributed by atoms with Gasteiger partial charge in [0, 0.05) is 57.6 Å². The molecule has 0 amide bonds. The Balaban J connectivity index is 1.71. The van der Waals surface area contributed by atoms with Gasteiger partial charge in [0.1, 0.15) is 6.07 Å². The smallest absolute Gasteiger partial charge is 0.312 e. The molecule has 1 aromatic heterocycles. The number of pyridine rings is 1. The normalized spacial score (nSPS) is 19.9. The van der Waals surface area contributed by atoms with E-state index in [-0.39, 0.29) is 11.3 Å². The SMILES string of the molecule is N#Cc1cnc(N2CC(N3CCNCC3)C2)c([N+](=O)[O-])c1. The molecule has 0 radical (unpaired) electrons. The molecule has 0 unspecified atom stereocenters. The maximum absolute atomic E-state index is 11.1. The highest BCUT2D eigenvalue weighted by atomic mass is 16.6. The monoisotopic (exact) mass is 288 g/mol. The fourth-order valence-electron chi connectivity index (χ4n) is 2.79. The van der Waals surface area contributed by atoms with Crippen LogP contribution in [0.5, 0.6) is 0 Å². The first-order chi connectivity index (χ1) is 10.2. The van der Waals surface area contributed by atoms with Crippen molar-refractivity contribution >= 4 is 11.5 Å². The average Bonchev–Trinajstić information content (AvgIpc) is 2.47. The molecule has 1 aromatic rings. The minimum atomic E-state index is -0.471. The van der Waals surface area contributed by atoms with Gasteiger partial charge in [-0.1, -0.05) is 0 Å². The van der Waals surface area contributed by atoms with Crippen LogP contribution >= 0.6 is 0 Å². The molecule has 21 heavy (non-hydrogen) atoms. The summed E-state index contributed by atoms with van der Waals surface area (Å²) in [6.07, 6.45) is 1.39. The van der Waals surface area contributed by atoms with Gasteiger partial charge in [-0.2, -0.15) is 5.26 Å². The summed E-state index contributed by atoms with van der Waals surface area (Å²) >= 11 is 0. The number of nitriles is 1. The first kappa shape index (κ1) is 13.7. The summed E-state index contributed by atoms with van der Waals surface area (Å²) in [5.41, 5.74) is 0.123. The molecule has 8 heteroatoms. The summed E-state index contributed by atoms with van der Waals surface area (Å²) in [4.78, 5) is 19.1. The lowest BCUT2D eigenvalue weighted by atomic mass is 10.1. The van der Waals surface area contributed by atoms with Crippen LogP contribution in [-0.2, 0) is 0 Å². The Labute approximate surface area is 122 Å². The maximum Gasteiger partial charge on any atom is 0.312 e. The Hall–Kier alpha value is -2.24. The molecule has 2 aliphatic heterocycles. The van der Waals surface area contributed by atoms with E-state index in [1.165, 1.54) is 12.3 Å². The Morgan fingerprint density at radius 3 is 2.76 bits per heavy atom. The number of anilines is 1. The van der Waals surface area contributed by atoms with Crippen molar-refractivity contribution in [3.05, 3.63) is 27.9 Å². The van der Waals surface area contributed by atoms with E-state index >= 15 is 0 Å². The van der Waals surface area contributed by atoms with Crippen LogP contribution in [0.3, 0.4) is 0 Å². The second-order valence-electron chi connectivity index (χ2n) is 5.28. The fourth-order valence-corrected chi connectivity index (χ4v) is 2.79. The number of aromatic nitrogens is 1. The van der Waals surface area contributed by atoms with E-state index in [9.17, 15) is 10.1 Å². The zero-order chi connectivity index (χ0) is 14.8. The number of rotatable bonds is 3. The second-order valence-corrected chi connectivity index (χ2v) is 5.28. The zero-order valence-electron chi connectivity index (χ0n) is 11.5. The van der Waals surface area contributed by atoms with E-state index < -0.39 is 4.92 Å². The Morgan fingerprint density at radius 2 is 2.14 bits per heavy atom. The van der Waals surface area contributed by atoms with Gasteiger partial charge in [-0.05, 0) is 0 Å². The van der Waals surface area contributed by atoms with E-state index in [0.717, 1.165) is 39.3 Å². The number of piperazine rings is 1. The summed E-state index contributed by atoms with van der Waals surface area (Å²) < 4.78 is 0. The summed E-state index contributed by atoms with van der Waals surface area (Å²) in [5, 5.41) is 23.3. The largest absolute Gasteiger partial charge is 0.348 e. The molecule has 0 aliphatic carbocycles. The topological polar surface area (TPSA) is 98.3 Å². The molecular weight excluding hydrogens is 272 g/mol. The molecule has 8 nitrogen and oxygen atoms in total. The van der Waals surface area contributed by atoms with E-state index in [4.69, 9.17) is 5.26 Å². The number of hydrogen-bond donors (Lipinski definition) is 1. The molecule has 0 aromatic carbocycles. The van der Waals surface area contributed by atoms with E-state index in [2.05, 4.69) is 15.2 Å². The van der Waals surface area contributed by atoms with Crippen LogP contribution in [0.15, 0.2) is 12.3 Å². The molecule has 2 fully saturated rings. The van der Waals surface area contributed by atoms with Gasteiger partial charge in [0.25, 0.3) is 0 Å². The lowest BCUT2D eigenvalue weighted by molar-refractivity contribution is -0.384. The number of hydrogen-bond acceptors (Lipinski definition) is 7. The van der Waals surface area contributed by atoms with Gasteiger partial charge >= 0.3 is 5.69 Å². The van der Waals surface area contributed by atoms with Crippen molar-refractivity contribution in [3.63, 3.8) is 0 Å². The first-order valence-electron chi connectivity index (χ1n) is 6.93. The second kappa shape index (κ2) is 5.63. The highest BCUT2D eigenvalue weighted by Crippen LogP contribution is 2.31. The Bertz CT molecular complexity index is 587. The molecule has 0 saturated carbocycles. The molecule has 110 valence electrons. The van der Waals surface area contributed by atoms with Crippen LogP contribution in [0.4, 0.5) is 11.5 Å². The van der Waals surface area contributed by atoms with Gasteiger partial charge in [0.15, 0.2) is 0 Å². The van der Waals surface area contributed by atoms with E-state index in [0.29, 0.717) is 11.9 Å². The van der Waals surface area contributed by atoms with E-state index in [1.54, 1.807) is 0 Å². The fraction of sp³-hybridized carbons (Fsp3) is 0.538. The van der Waals surface area contributed by atoms with Gasteiger partial charge in [0.2, 0.25) is 5.82 Å². The molecule has 0 spiro atoms. The van der Waals surface area contributed by atoms with Crippen molar-refractivity contribution in [1.29, 1.82) is 5.26 Å². The van der Waals surface area contributed by atoms with Gasteiger partial charge in [-0.15, -0.1) is 0 Å². The molecule has 0 bridgehead atoms.